The van der Waals surface area contributed by atoms with Gasteiger partial charge in [-0.3, -0.25) is 0 Å². The maximum Gasteiger partial charge on any atom is 0.0273 e. The number of aryl methyl sites for hydroxylation is 2. The van der Waals surface area contributed by atoms with Crippen LogP contribution >= 0.6 is 11.8 Å². The first-order valence-electron chi connectivity index (χ1n) is 4.90. The van der Waals surface area contributed by atoms with Gasteiger partial charge in [-0.15, -0.1) is 11.8 Å². The van der Waals surface area contributed by atoms with Crippen LogP contribution < -0.4 is 5.73 Å². The van der Waals surface area contributed by atoms with Gasteiger partial charge in [0.2, 0.25) is 0 Å². The highest BCUT2D eigenvalue weighted by molar-refractivity contribution is 8.00. The van der Waals surface area contributed by atoms with Gasteiger partial charge in [-0.2, -0.15) is 0 Å². The predicted octanol–water partition coefficient (Wildman–Crippen LogP) is 3.13. The highest BCUT2D eigenvalue weighted by atomic mass is 32.2. The van der Waals surface area contributed by atoms with Crippen molar-refractivity contribution in [3.05, 3.63) is 29.3 Å². The molecule has 1 rings (SSSR count). The van der Waals surface area contributed by atoms with E-state index in [0.717, 1.165) is 0 Å². The lowest BCUT2D eigenvalue weighted by Gasteiger charge is -2.22. The van der Waals surface area contributed by atoms with Crippen molar-refractivity contribution >= 4 is 11.8 Å². The van der Waals surface area contributed by atoms with Crippen LogP contribution in [0.1, 0.15) is 25.0 Å². The van der Waals surface area contributed by atoms with Gasteiger partial charge in [0.1, 0.15) is 0 Å². The van der Waals surface area contributed by atoms with Crippen molar-refractivity contribution in [2.24, 2.45) is 5.73 Å². The normalized spacial score (nSPS) is 11.8. The fourth-order valence-electron chi connectivity index (χ4n) is 1.35. The summed E-state index contributed by atoms with van der Waals surface area (Å²) >= 11 is 1.85. The summed E-state index contributed by atoms with van der Waals surface area (Å²) in [7, 11) is 0. The van der Waals surface area contributed by atoms with Crippen molar-refractivity contribution in [2.75, 3.05) is 6.54 Å². The quantitative estimate of drug-likeness (QED) is 0.774. The molecule has 0 heterocycles. The topological polar surface area (TPSA) is 26.0 Å². The van der Waals surface area contributed by atoms with Gasteiger partial charge < -0.3 is 5.73 Å². The molecule has 0 fully saturated rings. The van der Waals surface area contributed by atoms with Crippen molar-refractivity contribution in [2.45, 2.75) is 37.3 Å². The summed E-state index contributed by atoms with van der Waals surface area (Å²) in [4.78, 5) is 1.32. The Morgan fingerprint density at radius 2 is 1.64 bits per heavy atom. The van der Waals surface area contributed by atoms with Gasteiger partial charge in [0.05, 0.1) is 0 Å². The second kappa shape index (κ2) is 4.37. The third kappa shape index (κ3) is 3.35. The van der Waals surface area contributed by atoms with Crippen LogP contribution in [0.15, 0.2) is 23.1 Å². The van der Waals surface area contributed by atoms with Gasteiger partial charge in [-0.1, -0.05) is 6.07 Å². The molecule has 0 aromatic heterocycles. The summed E-state index contributed by atoms with van der Waals surface area (Å²) in [5.41, 5.74) is 8.35. The zero-order chi connectivity index (χ0) is 10.8. The largest absolute Gasteiger partial charge is 0.329 e. The van der Waals surface area contributed by atoms with E-state index < -0.39 is 0 Å². The summed E-state index contributed by atoms with van der Waals surface area (Å²) in [6.07, 6.45) is 0. The third-order valence-corrected chi connectivity index (χ3v) is 3.27. The molecular formula is C12H19NS. The Hall–Kier alpha value is -0.470. The van der Waals surface area contributed by atoms with Crippen LogP contribution in [0, 0.1) is 13.8 Å². The Morgan fingerprint density at radius 1 is 1.14 bits per heavy atom. The lowest BCUT2D eigenvalue weighted by Crippen LogP contribution is -2.26. The average molecular weight is 209 g/mol. The van der Waals surface area contributed by atoms with Crippen molar-refractivity contribution in [1.82, 2.24) is 0 Å². The molecule has 0 saturated heterocycles. The van der Waals surface area contributed by atoms with Crippen molar-refractivity contribution in [3.8, 4) is 0 Å². The summed E-state index contributed by atoms with van der Waals surface area (Å²) in [5, 5.41) is 0. The van der Waals surface area contributed by atoms with Crippen LogP contribution in [0.2, 0.25) is 0 Å². The molecule has 0 spiro atoms. The van der Waals surface area contributed by atoms with E-state index in [1.165, 1.54) is 16.0 Å². The Labute approximate surface area is 91.1 Å². The molecule has 2 N–H and O–H groups in total. The average Bonchev–Trinajstić information content (AvgIpc) is 2.01. The second-order valence-electron chi connectivity index (χ2n) is 4.39. The first-order valence-corrected chi connectivity index (χ1v) is 5.72. The minimum atomic E-state index is 0.125. The second-order valence-corrected chi connectivity index (χ2v) is 6.17. The van der Waals surface area contributed by atoms with Gasteiger partial charge >= 0.3 is 0 Å². The minimum absolute atomic E-state index is 0.125. The molecule has 78 valence electrons. The van der Waals surface area contributed by atoms with Crippen LogP contribution in [-0.4, -0.2) is 11.3 Å². The standard InChI is InChI=1S/C12H19NS/c1-9-5-10(2)7-11(6-9)14-12(3,4)8-13/h5-7H,8,13H2,1-4H3. The van der Waals surface area contributed by atoms with E-state index in [9.17, 15) is 0 Å². The molecule has 1 aromatic rings. The molecule has 0 aliphatic carbocycles. The Kier molecular flexibility index (Phi) is 3.62. The molecule has 0 bridgehead atoms. The lowest BCUT2D eigenvalue weighted by atomic mass is 10.2. The molecule has 0 amide bonds. The first kappa shape index (κ1) is 11.6. The molecule has 0 saturated carbocycles. The van der Waals surface area contributed by atoms with Crippen molar-refractivity contribution in [1.29, 1.82) is 0 Å². The van der Waals surface area contributed by atoms with Crippen LogP contribution in [0.5, 0.6) is 0 Å². The summed E-state index contributed by atoms with van der Waals surface area (Å²) < 4.78 is 0.125. The summed E-state index contributed by atoms with van der Waals surface area (Å²) in [6.45, 7) is 9.31. The SMILES string of the molecule is Cc1cc(C)cc(SC(C)(C)CN)c1. The van der Waals surface area contributed by atoms with Crippen LogP contribution in [-0.2, 0) is 0 Å². The van der Waals surface area contributed by atoms with Gasteiger partial charge in [0, 0.05) is 16.2 Å². The molecular weight excluding hydrogens is 190 g/mol. The van der Waals surface area contributed by atoms with Crippen LogP contribution in [0.3, 0.4) is 0 Å². The molecule has 1 aromatic carbocycles. The fraction of sp³-hybridized carbons (Fsp3) is 0.500. The van der Waals surface area contributed by atoms with Gasteiger partial charge in [-0.25, -0.2) is 0 Å². The van der Waals surface area contributed by atoms with Gasteiger partial charge in [0.15, 0.2) is 0 Å². The number of nitrogens with two attached hydrogens (primary N) is 1. The summed E-state index contributed by atoms with van der Waals surface area (Å²) in [6, 6.07) is 6.63. The highest BCUT2D eigenvalue weighted by Gasteiger charge is 2.17. The van der Waals surface area contributed by atoms with Crippen molar-refractivity contribution < 1.29 is 0 Å². The van der Waals surface area contributed by atoms with E-state index in [4.69, 9.17) is 5.73 Å². The minimum Gasteiger partial charge on any atom is -0.329 e. The smallest absolute Gasteiger partial charge is 0.0273 e. The number of hydrogen-bond donors (Lipinski definition) is 1. The molecule has 1 nitrogen and oxygen atoms in total. The van der Waals surface area contributed by atoms with E-state index in [-0.39, 0.29) is 4.75 Å². The number of benzene rings is 1. The maximum absolute atomic E-state index is 5.71. The third-order valence-electron chi connectivity index (χ3n) is 2.08. The molecule has 0 atom stereocenters. The van der Waals surface area contributed by atoms with Crippen LogP contribution in [0.25, 0.3) is 0 Å². The van der Waals surface area contributed by atoms with Gasteiger partial charge in [-0.05, 0) is 51.0 Å². The zero-order valence-electron chi connectivity index (χ0n) is 9.42. The van der Waals surface area contributed by atoms with E-state index in [2.05, 4.69) is 45.9 Å². The van der Waals surface area contributed by atoms with E-state index in [1.54, 1.807) is 0 Å². The monoisotopic (exact) mass is 209 g/mol. The number of rotatable bonds is 3. The molecule has 14 heavy (non-hydrogen) atoms. The van der Waals surface area contributed by atoms with Crippen molar-refractivity contribution in [3.63, 3.8) is 0 Å². The molecule has 0 aliphatic heterocycles. The summed E-state index contributed by atoms with van der Waals surface area (Å²) in [5.74, 6) is 0. The molecule has 0 radical (unpaired) electrons. The van der Waals surface area contributed by atoms with E-state index in [0.29, 0.717) is 6.54 Å². The first-order chi connectivity index (χ1) is 6.43. The Morgan fingerprint density at radius 3 is 2.07 bits per heavy atom. The molecule has 2 heteroatoms. The number of thioether (sulfide) groups is 1. The van der Waals surface area contributed by atoms with Crippen LogP contribution in [0.4, 0.5) is 0 Å². The van der Waals surface area contributed by atoms with Gasteiger partial charge in [0.25, 0.3) is 0 Å². The lowest BCUT2D eigenvalue weighted by molar-refractivity contribution is 0.723. The Bertz CT molecular complexity index is 298. The van der Waals surface area contributed by atoms with E-state index in [1.807, 2.05) is 11.8 Å². The number of hydrogen-bond acceptors (Lipinski definition) is 2. The van der Waals surface area contributed by atoms with E-state index >= 15 is 0 Å². The maximum atomic E-state index is 5.71. The molecule has 0 aliphatic rings. The zero-order valence-corrected chi connectivity index (χ0v) is 10.2. The fourth-order valence-corrected chi connectivity index (χ4v) is 2.56. The molecule has 0 unspecified atom stereocenters. The predicted molar refractivity (Wildman–Crippen MR) is 64.9 cm³/mol. The Balaban J connectivity index is 2.87. The highest BCUT2D eigenvalue weighted by Crippen LogP contribution is 2.32.